The van der Waals surface area contributed by atoms with Gasteiger partial charge in [-0.1, -0.05) is 19.8 Å². The Bertz CT molecular complexity index is 238. The summed E-state index contributed by atoms with van der Waals surface area (Å²) in [5, 5.41) is 0. The number of ether oxygens (including phenoxy) is 1. The van der Waals surface area contributed by atoms with Crippen LogP contribution < -0.4 is 0 Å². The summed E-state index contributed by atoms with van der Waals surface area (Å²) in [5.41, 5.74) is 0. The van der Waals surface area contributed by atoms with E-state index in [4.69, 9.17) is 4.74 Å². The summed E-state index contributed by atoms with van der Waals surface area (Å²) < 4.78 is 5.57. The lowest BCUT2D eigenvalue weighted by Gasteiger charge is -2.41. The molecule has 1 aliphatic carbocycles. The minimum Gasteiger partial charge on any atom is -0.462 e. The van der Waals surface area contributed by atoms with Crippen molar-refractivity contribution in [1.82, 2.24) is 4.90 Å². The first-order chi connectivity index (χ1) is 7.70. The van der Waals surface area contributed by atoms with Gasteiger partial charge in [-0.3, -0.25) is 4.79 Å². The maximum atomic E-state index is 11.2. The van der Waals surface area contributed by atoms with Crippen molar-refractivity contribution in [2.75, 3.05) is 19.6 Å². The SMILES string of the molecule is CCN1C[C@H]2CCCC[C@@H](C1)C2OC(C)=O. The Hall–Kier alpha value is -0.570. The van der Waals surface area contributed by atoms with Crippen LogP contribution >= 0.6 is 0 Å². The van der Waals surface area contributed by atoms with Crippen LogP contribution in [0.4, 0.5) is 0 Å². The molecule has 16 heavy (non-hydrogen) atoms. The monoisotopic (exact) mass is 225 g/mol. The quantitative estimate of drug-likeness (QED) is 0.674. The van der Waals surface area contributed by atoms with Gasteiger partial charge in [0.1, 0.15) is 6.10 Å². The Morgan fingerprint density at radius 1 is 1.25 bits per heavy atom. The van der Waals surface area contributed by atoms with Crippen LogP contribution in [-0.2, 0) is 9.53 Å². The van der Waals surface area contributed by atoms with Crippen molar-refractivity contribution < 1.29 is 9.53 Å². The van der Waals surface area contributed by atoms with Gasteiger partial charge in [-0.05, 0) is 19.4 Å². The van der Waals surface area contributed by atoms with Crippen LogP contribution in [0.15, 0.2) is 0 Å². The number of likely N-dealkylation sites (tertiary alicyclic amines) is 1. The molecule has 2 fully saturated rings. The molecule has 0 radical (unpaired) electrons. The van der Waals surface area contributed by atoms with E-state index in [-0.39, 0.29) is 12.1 Å². The lowest BCUT2D eigenvalue weighted by Crippen LogP contribution is -2.49. The smallest absolute Gasteiger partial charge is 0.302 e. The van der Waals surface area contributed by atoms with Crippen LogP contribution in [0.3, 0.4) is 0 Å². The van der Waals surface area contributed by atoms with Crippen molar-refractivity contribution in [2.45, 2.75) is 45.6 Å². The zero-order chi connectivity index (χ0) is 11.5. The van der Waals surface area contributed by atoms with E-state index in [1.165, 1.54) is 32.6 Å². The Morgan fingerprint density at radius 2 is 1.81 bits per heavy atom. The third-order valence-corrected chi connectivity index (χ3v) is 4.06. The molecular weight excluding hydrogens is 202 g/mol. The number of carbonyl (C=O) groups excluding carboxylic acids is 1. The molecule has 0 aromatic heterocycles. The standard InChI is InChI=1S/C13H23NO2/c1-3-14-8-11-6-4-5-7-12(9-14)13(11)16-10(2)15/h11-13H,3-9H2,1-2H3/t11-,12+,13?. The van der Waals surface area contributed by atoms with E-state index in [0.29, 0.717) is 11.8 Å². The summed E-state index contributed by atoms with van der Waals surface area (Å²) in [6.45, 7) is 7.12. The summed E-state index contributed by atoms with van der Waals surface area (Å²) in [6, 6.07) is 0. The fourth-order valence-corrected chi connectivity index (χ4v) is 3.30. The lowest BCUT2D eigenvalue weighted by molar-refractivity contribution is -0.156. The predicted molar refractivity (Wildman–Crippen MR) is 63.1 cm³/mol. The number of rotatable bonds is 2. The minimum atomic E-state index is -0.105. The molecule has 0 aromatic carbocycles. The molecule has 1 heterocycles. The van der Waals surface area contributed by atoms with E-state index < -0.39 is 0 Å². The molecule has 0 spiro atoms. The van der Waals surface area contributed by atoms with Crippen LogP contribution in [0.2, 0.25) is 0 Å². The van der Waals surface area contributed by atoms with Gasteiger partial charge < -0.3 is 9.64 Å². The van der Waals surface area contributed by atoms with Gasteiger partial charge in [-0.2, -0.15) is 0 Å². The van der Waals surface area contributed by atoms with Gasteiger partial charge in [0.15, 0.2) is 0 Å². The Kier molecular flexibility index (Phi) is 3.85. The number of fused-ring (bicyclic) bond motifs is 2. The largest absolute Gasteiger partial charge is 0.462 e. The first kappa shape index (κ1) is 11.9. The van der Waals surface area contributed by atoms with E-state index in [0.717, 1.165) is 19.6 Å². The van der Waals surface area contributed by atoms with Crippen LogP contribution in [0.5, 0.6) is 0 Å². The number of carbonyl (C=O) groups is 1. The molecule has 1 unspecified atom stereocenters. The van der Waals surface area contributed by atoms with Gasteiger partial charge in [0.2, 0.25) is 0 Å². The number of nitrogens with zero attached hydrogens (tertiary/aromatic N) is 1. The van der Waals surface area contributed by atoms with Crippen molar-refractivity contribution >= 4 is 5.97 Å². The molecule has 0 N–H and O–H groups in total. The van der Waals surface area contributed by atoms with Gasteiger partial charge in [0, 0.05) is 31.8 Å². The molecule has 1 aliphatic heterocycles. The molecule has 3 nitrogen and oxygen atoms in total. The molecule has 2 rings (SSSR count). The van der Waals surface area contributed by atoms with Crippen molar-refractivity contribution in [1.29, 1.82) is 0 Å². The summed E-state index contributed by atoms with van der Waals surface area (Å²) in [6.07, 6.45) is 5.26. The Morgan fingerprint density at radius 3 is 2.25 bits per heavy atom. The van der Waals surface area contributed by atoms with Gasteiger partial charge in [0.05, 0.1) is 0 Å². The molecule has 3 atom stereocenters. The zero-order valence-electron chi connectivity index (χ0n) is 10.4. The lowest BCUT2D eigenvalue weighted by atomic mass is 9.84. The molecular formula is C13H23NO2. The number of piperidine rings is 1. The number of esters is 1. The molecule has 1 saturated carbocycles. The second kappa shape index (κ2) is 5.17. The normalized spacial score (nSPS) is 35.5. The summed E-state index contributed by atoms with van der Waals surface area (Å²) in [5.74, 6) is 1.04. The third-order valence-electron chi connectivity index (χ3n) is 4.06. The second-order valence-electron chi connectivity index (χ2n) is 5.23. The Balaban J connectivity index is 2.08. The van der Waals surface area contributed by atoms with E-state index in [2.05, 4.69) is 11.8 Å². The van der Waals surface area contributed by atoms with Crippen LogP contribution in [-0.4, -0.2) is 36.6 Å². The average Bonchev–Trinajstić information content (AvgIpc) is 2.36. The number of hydrogen-bond acceptors (Lipinski definition) is 3. The van der Waals surface area contributed by atoms with E-state index in [1.54, 1.807) is 0 Å². The fraction of sp³-hybridized carbons (Fsp3) is 0.923. The first-order valence-electron chi connectivity index (χ1n) is 6.60. The first-order valence-corrected chi connectivity index (χ1v) is 6.60. The fourth-order valence-electron chi connectivity index (χ4n) is 3.30. The van der Waals surface area contributed by atoms with Crippen molar-refractivity contribution in [3.63, 3.8) is 0 Å². The second-order valence-corrected chi connectivity index (χ2v) is 5.23. The molecule has 0 amide bonds. The summed E-state index contributed by atoms with van der Waals surface area (Å²) in [7, 11) is 0. The van der Waals surface area contributed by atoms with Gasteiger partial charge in [0.25, 0.3) is 0 Å². The molecule has 0 aromatic rings. The maximum Gasteiger partial charge on any atom is 0.302 e. The van der Waals surface area contributed by atoms with Gasteiger partial charge >= 0.3 is 5.97 Å². The highest BCUT2D eigenvalue weighted by Gasteiger charge is 2.39. The van der Waals surface area contributed by atoms with E-state index >= 15 is 0 Å². The molecule has 92 valence electrons. The predicted octanol–water partition coefficient (Wildman–Crippen LogP) is 2.06. The van der Waals surface area contributed by atoms with Gasteiger partial charge in [-0.15, -0.1) is 0 Å². The van der Waals surface area contributed by atoms with E-state index in [9.17, 15) is 4.79 Å². The van der Waals surface area contributed by atoms with Gasteiger partial charge in [-0.25, -0.2) is 0 Å². The summed E-state index contributed by atoms with van der Waals surface area (Å²) >= 11 is 0. The van der Waals surface area contributed by atoms with Crippen LogP contribution in [0, 0.1) is 11.8 Å². The summed E-state index contributed by atoms with van der Waals surface area (Å²) in [4.78, 5) is 13.7. The van der Waals surface area contributed by atoms with Crippen LogP contribution in [0.25, 0.3) is 0 Å². The maximum absolute atomic E-state index is 11.2. The average molecular weight is 225 g/mol. The zero-order valence-corrected chi connectivity index (χ0v) is 10.4. The van der Waals surface area contributed by atoms with Crippen molar-refractivity contribution in [2.24, 2.45) is 11.8 Å². The van der Waals surface area contributed by atoms with E-state index in [1.807, 2.05) is 0 Å². The number of hydrogen-bond donors (Lipinski definition) is 0. The van der Waals surface area contributed by atoms with Crippen LogP contribution in [0.1, 0.15) is 39.5 Å². The molecule has 2 aliphatic rings. The molecule has 1 saturated heterocycles. The molecule has 3 heteroatoms. The highest BCUT2D eigenvalue weighted by atomic mass is 16.5. The topological polar surface area (TPSA) is 29.5 Å². The molecule has 2 bridgehead atoms. The Labute approximate surface area is 98.1 Å². The highest BCUT2D eigenvalue weighted by Crippen LogP contribution is 2.35. The highest BCUT2D eigenvalue weighted by molar-refractivity contribution is 5.66. The van der Waals surface area contributed by atoms with Crippen molar-refractivity contribution in [3.8, 4) is 0 Å². The third kappa shape index (κ3) is 2.57. The van der Waals surface area contributed by atoms with Crippen molar-refractivity contribution in [3.05, 3.63) is 0 Å². The minimum absolute atomic E-state index is 0.105.